The van der Waals surface area contributed by atoms with E-state index < -0.39 is 11.8 Å². The van der Waals surface area contributed by atoms with Crippen LogP contribution in [0.1, 0.15) is 27.9 Å². The summed E-state index contributed by atoms with van der Waals surface area (Å²) in [7, 11) is 0. The highest BCUT2D eigenvalue weighted by atomic mass is 19.1. The highest BCUT2D eigenvalue weighted by Crippen LogP contribution is 2.30. The lowest BCUT2D eigenvalue weighted by molar-refractivity contribution is 0.0697. The zero-order chi connectivity index (χ0) is 16.1. The predicted molar refractivity (Wildman–Crippen MR) is 82.0 cm³/mol. The van der Waals surface area contributed by atoms with Crippen LogP contribution in [0.25, 0.3) is 11.1 Å². The summed E-state index contributed by atoms with van der Waals surface area (Å²) in [6.07, 6.45) is 3.05. The van der Waals surface area contributed by atoms with Gasteiger partial charge in [-0.2, -0.15) is 5.26 Å². The number of nitriles is 1. The summed E-state index contributed by atoms with van der Waals surface area (Å²) < 4.78 is 13.9. The van der Waals surface area contributed by atoms with E-state index in [0.29, 0.717) is 24.0 Å². The van der Waals surface area contributed by atoms with Gasteiger partial charge in [-0.3, -0.25) is 0 Å². The van der Waals surface area contributed by atoms with Crippen molar-refractivity contribution >= 4 is 5.97 Å². The first kappa shape index (κ1) is 15.5. The first-order valence-corrected chi connectivity index (χ1v) is 6.74. The molecular weight excluding hydrogens is 281 g/mol. The van der Waals surface area contributed by atoms with E-state index in [1.165, 1.54) is 18.2 Å². The fraction of sp³-hybridized carbons (Fsp3) is 0.111. The maximum absolute atomic E-state index is 13.9. The van der Waals surface area contributed by atoms with Gasteiger partial charge in [-0.05, 0) is 47.7 Å². The Labute approximate surface area is 128 Å². The van der Waals surface area contributed by atoms with Crippen molar-refractivity contribution in [3.8, 4) is 17.2 Å². The van der Waals surface area contributed by atoms with Gasteiger partial charge in [-0.25, -0.2) is 9.18 Å². The molecule has 0 aliphatic heterocycles. The number of benzene rings is 2. The fourth-order valence-corrected chi connectivity index (χ4v) is 2.35. The molecule has 0 saturated heterocycles. The van der Waals surface area contributed by atoms with E-state index in [9.17, 15) is 14.3 Å². The molecule has 1 N–H and O–H groups in total. The molecule has 0 atom stereocenters. The molecule has 2 aromatic carbocycles. The molecule has 4 heteroatoms. The number of allylic oxidation sites excluding steroid dienone is 1. The van der Waals surface area contributed by atoms with Gasteiger partial charge in [0, 0.05) is 0 Å². The van der Waals surface area contributed by atoms with E-state index in [1.54, 1.807) is 24.3 Å². The Hall–Kier alpha value is -2.93. The van der Waals surface area contributed by atoms with E-state index in [-0.39, 0.29) is 11.1 Å². The van der Waals surface area contributed by atoms with Crippen LogP contribution in [0.5, 0.6) is 0 Å². The topological polar surface area (TPSA) is 61.1 Å². The van der Waals surface area contributed by atoms with Crippen LogP contribution < -0.4 is 0 Å². The molecule has 0 heterocycles. The third-order valence-electron chi connectivity index (χ3n) is 3.38. The molecule has 0 radical (unpaired) electrons. The standard InChI is InChI=1S/C18H14FNO2/c1-2-3-5-12-6-4-7-15(18(21)22)17(12)13-8-9-14(11-20)16(19)10-13/h2,4,6-10H,1,3,5H2,(H,21,22). The fourth-order valence-electron chi connectivity index (χ4n) is 2.35. The number of carboxylic acids is 1. The summed E-state index contributed by atoms with van der Waals surface area (Å²) in [5.74, 6) is -1.73. The van der Waals surface area contributed by atoms with E-state index in [0.717, 1.165) is 5.56 Å². The summed E-state index contributed by atoms with van der Waals surface area (Å²) >= 11 is 0. The van der Waals surface area contributed by atoms with Crippen molar-refractivity contribution in [3.05, 3.63) is 71.6 Å². The van der Waals surface area contributed by atoms with E-state index in [2.05, 4.69) is 6.58 Å². The lowest BCUT2D eigenvalue weighted by Gasteiger charge is -2.13. The number of carboxylic acid groups (broad SMARTS) is 1. The molecule has 0 unspecified atom stereocenters. The quantitative estimate of drug-likeness (QED) is 0.842. The number of aryl methyl sites for hydroxylation is 1. The Morgan fingerprint density at radius 2 is 2.14 bits per heavy atom. The Bertz CT molecular complexity index is 775. The van der Waals surface area contributed by atoms with Crippen LogP contribution in [-0.4, -0.2) is 11.1 Å². The van der Waals surface area contributed by atoms with Crippen molar-refractivity contribution in [2.75, 3.05) is 0 Å². The molecule has 110 valence electrons. The number of hydrogen-bond donors (Lipinski definition) is 1. The van der Waals surface area contributed by atoms with E-state index in [4.69, 9.17) is 5.26 Å². The van der Waals surface area contributed by atoms with Crippen LogP contribution in [-0.2, 0) is 6.42 Å². The van der Waals surface area contributed by atoms with Gasteiger partial charge in [0.1, 0.15) is 11.9 Å². The average Bonchev–Trinajstić information content (AvgIpc) is 2.52. The summed E-state index contributed by atoms with van der Waals surface area (Å²) in [5, 5.41) is 18.2. The molecule has 22 heavy (non-hydrogen) atoms. The second kappa shape index (κ2) is 6.68. The van der Waals surface area contributed by atoms with Crippen LogP contribution in [0.4, 0.5) is 4.39 Å². The van der Waals surface area contributed by atoms with Gasteiger partial charge in [-0.1, -0.05) is 24.3 Å². The minimum absolute atomic E-state index is 0.0656. The minimum atomic E-state index is -1.07. The molecule has 0 aromatic heterocycles. The van der Waals surface area contributed by atoms with Crippen molar-refractivity contribution in [1.82, 2.24) is 0 Å². The largest absolute Gasteiger partial charge is 0.478 e. The van der Waals surface area contributed by atoms with Crippen molar-refractivity contribution in [2.45, 2.75) is 12.8 Å². The highest BCUT2D eigenvalue weighted by molar-refractivity contribution is 5.97. The molecule has 2 rings (SSSR count). The lowest BCUT2D eigenvalue weighted by Crippen LogP contribution is -2.03. The zero-order valence-electron chi connectivity index (χ0n) is 11.8. The molecule has 0 aliphatic carbocycles. The van der Waals surface area contributed by atoms with Gasteiger partial charge in [0.05, 0.1) is 11.1 Å². The van der Waals surface area contributed by atoms with Crippen LogP contribution in [0.3, 0.4) is 0 Å². The normalized spacial score (nSPS) is 10.0. The summed E-state index contributed by atoms with van der Waals surface area (Å²) in [4.78, 5) is 11.5. The summed E-state index contributed by atoms with van der Waals surface area (Å²) in [5.41, 5.74) is 1.80. The number of nitrogens with zero attached hydrogens (tertiary/aromatic N) is 1. The Morgan fingerprint density at radius 3 is 2.73 bits per heavy atom. The lowest BCUT2D eigenvalue weighted by atomic mass is 9.91. The van der Waals surface area contributed by atoms with Gasteiger partial charge in [-0.15, -0.1) is 6.58 Å². The van der Waals surface area contributed by atoms with Crippen LogP contribution in [0.15, 0.2) is 49.1 Å². The smallest absolute Gasteiger partial charge is 0.336 e. The molecular formula is C18H14FNO2. The van der Waals surface area contributed by atoms with Crippen molar-refractivity contribution in [1.29, 1.82) is 5.26 Å². The summed E-state index contributed by atoms with van der Waals surface area (Å²) in [6.45, 7) is 3.66. The number of carbonyl (C=O) groups is 1. The van der Waals surface area contributed by atoms with Crippen molar-refractivity contribution in [3.63, 3.8) is 0 Å². The molecule has 3 nitrogen and oxygen atoms in total. The summed E-state index contributed by atoms with van der Waals surface area (Å²) in [6, 6.07) is 10.9. The second-order valence-corrected chi connectivity index (χ2v) is 4.78. The number of hydrogen-bond acceptors (Lipinski definition) is 2. The second-order valence-electron chi connectivity index (χ2n) is 4.78. The van der Waals surface area contributed by atoms with Crippen LogP contribution >= 0.6 is 0 Å². The van der Waals surface area contributed by atoms with Gasteiger partial charge in [0.15, 0.2) is 0 Å². The van der Waals surface area contributed by atoms with Crippen LogP contribution in [0.2, 0.25) is 0 Å². The maximum atomic E-state index is 13.9. The average molecular weight is 295 g/mol. The molecule has 2 aromatic rings. The number of aromatic carboxylic acids is 1. The zero-order valence-corrected chi connectivity index (χ0v) is 11.8. The Kier molecular flexibility index (Phi) is 4.70. The van der Waals surface area contributed by atoms with Crippen molar-refractivity contribution in [2.24, 2.45) is 0 Å². The van der Waals surface area contributed by atoms with Crippen molar-refractivity contribution < 1.29 is 14.3 Å². The van der Waals surface area contributed by atoms with Gasteiger partial charge in [0.25, 0.3) is 0 Å². The maximum Gasteiger partial charge on any atom is 0.336 e. The number of rotatable bonds is 5. The first-order chi connectivity index (χ1) is 10.6. The third kappa shape index (κ3) is 3.04. The van der Waals surface area contributed by atoms with E-state index in [1.807, 2.05) is 6.07 Å². The van der Waals surface area contributed by atoms with Gasteiger partial charge >= 0.3 is 5.97 Å². The molecule has 0 spiro atoms. The SMILES string of the molecule is C=CCCc1cccc(C(=O)O)c1-c1ccc(C#N)c(F)c1. The Balaban J connectivity index is 2.65. The first-order valence-electron chi connectivity index (χ1n) is 6.74. The van der Waals surface area contributed by atoms with E-state index >= 15 is 0 Å². The monoisotopic (exact) mass is 295 g/mol. The third-order valence-corrected chi connectivity index (χ3v) is 3.38. The molecule has 0 amide bonds. The van der Waals surface area contributed by atoms with Crippen LogP contribution in [0, 0.1) is 17.1 Å². The molecule has 0 aliphatic rings. The molecule has 0 bridgehead atoms. The Morgan fingerprint density at radius 1 is 1.36 bits per heavy atom. The molecule has 0 saturated carbocycles. The highest BCUT2D eigenvalue weighted by Gasteiger charge is 2.16. The minimum Gasteiger partial charge on any atom is -0.478 e. The van der Waals surface area contributed by atoms with Gasteiger partial charge < -0.3 is 5.11 Å². The number of halogens is 1. The van der Waals surface area contributed by atoms with Gasteiger partial charge in [0.2, 0.25) is 0 Å². The predicted octanol–water partition coefficient (Wildman–Crippen LogP) is 4.18. The molecule has 0 fully saturated rings.